The van der Waals surface area contributed by atoms with Gasteiger partial charge in [0.2, 0.25) is 0 Å². The van der Waals surface area contributed by atoms with Gasteiger partial charge in [0.1, 0.15) is 0 Å². The molecule has 0 unspecified atom stereocenters. The Hall–Kier alpha value is -0.500. The van der Waals surface area contributed by atoms with Crippen LogP contribution in [0.3, 0.4) is 0 Å². The molecule has 1 aromatic rings. The highest BCUT2D eigenvalue weighted by Gasteiger charge is 2.17. The molecule has 2 heterocycles. The molecular weight excluding hydrogens is 142 g/mol. The Kier molecular flexibility index (Phi) is 1.42. The third-order valence-electron chi connectivity index (χ3n) is 1.58. The monoisotopic (exact) mass is 150 g/mol. The molecule has 0 N–H and O–H groups in total. The maximum Gasteiger partial charge on any atom is 0.0371 e. The maximum absolute atomic E-state index is 4.06. The summed E-state index contributed by atoms with van der Waals surface area (Å²) in [5, 5.41) is 1.48. The molecule has 1 aromatic heterocycles. The number of hydrogen-bond donors (Lipinski definition) is 0. The molecule has 2 rings (SSSR count). The average Bonchev–Trinajstić information content (AvgIpc) is 2.27. The molecule has 0 bridgehead atoms. The molecule has 0 fully saturated rings. The molecule has 51 valence electrons. The van der Waals surface area contributed by atoms with Gasteiger partial charge in [0.15, 0.2) is 0 Å². The van der Waals surface area contributed by atoms with Crippen LogP contribution in [-0.2, 0) is 6.42 Å². The van der Waals surface area contributed by atoms with Crippen LogP contribution in [0, 0.1) is 5.25 Å². The van der Waals surface area contributed by atoms with E-state index in [1.807, 2.05) is 24.2 Å². The van der Waals surface area contributed by atoms with Gasteiger partial charge < -0.3 is 0 Å². The van der Waals surface area contributed by atoms with Gasteiger partial charge in [0.25, 0.3) is 0 Å². The second-order valence-electron chi connectivity index (χ2n) is 2.46. The van der Waals surface area contributed by atoms with E-state index in [-0.39, 0.29) is 0 Å². The highest BCUT2D eigenvalue weighted by Crippen LogP contribution is 2.40. The Balaban J connectivity index is 2.42. The molecule has 1 aliphatic heterocycles. The minimum absolute atomic E-state index is 1.10. The van der Waals surface area contributed by atoms with Crippen LogP contribution < -0.4 is 0 Å². The molecule has 10 heavy (non-hydrogen) atoms. The van der Waals surface area contributed by atoms with E-state index < -0.39 is 0 Å². The lowest BCUT2D eigenvalue weighted by molar-refractivity contribution is 1.07. The summed E-state index contributed by atoms with van der Waals surface area (Å²) in [6.07, 6.45) is 4.91. The zero-order valence-corrected chi connectivity index (χ0v) is 6.61. The molecule has 2 heteroatoms. The van der Waals surface area contributed by atoms with E-state index in [1.165, 1.54) is 15.7 Å². The summed E-state index contributed by atoms with van der Waals surface area (Å²) < 4.78 is 0. The van der Waals surface area contributed by atoms with Crippen LogP contribution in [0.15, 0.2) is 23.4 Å². The predicted molar refractivity (Wildman–Crippen MR) is 42.7 cm³/mol. The van der Waals surface area contributed by atoms with E-state index in [4.69, 9.17) is 0 Å². The topological polar surface area (TPSA) is 12.9 Å². The summed E-state index contributed by atoms with van der Waals surface area (Å²) in [4.78, 5) is 5.45. The van der Waals surface area contributed by atoms with Gasteiger partial charge in [-0.2, -0.15) is 0 Å². The van der Waals surface area contributed by atoms with Crippen LogP contribution >= 0.6 is 11.8 Å². The summed E-state index contributed by atoms with van der Waals surface area (Å²) in [6.45, 7) is 2.17. The van der Waals surface area contributed by atoms with Crippen molar-refractivity contribution in [3.05, 3.63) is 29.3 Å². The molecule has 1 radical (unpaired) electrons. The first-order valence-electron chi connectivity index (χ1n) is 3.29. The Morgan fingerprint density at radius 3 is 3.30 bits per heavy atom. The van der Waals surface area contributed by atoms with Crippen molar-refractivity contribution < 1.29 is 0 Å². The van der Waals surface area contributed by atoms with E-state index >= 15 is 0 Å². The molecule has 1 aliphatic rings. The zero-order chi connectivity index (χ0) is 6.97. The fourth-order valence-electron chi connectivity index (χ4n) is 1.14. The smallest absolute Gasteiger partial charge is 0.0371 e. The fraction of sp³-hybridized carbons (Fsp3) is 0.250. The molecule has 0 amide bonds. The molecule has 0 aliphatic carbocycles. The minimum Gasteiger partial charge on any atom is -0.264 e. The normalized spacial score (nSPS) is 17.3. The molecule has 0 saturated heterocycles. The fourth-order valence-corrected chi connectivity index (χ4v) is 2.13. The van der Waals surface area contributed by atoms with Gasteiger partial charge in [-0.15, -0.1) is 11.8 Å². The van der Waals surface area contributed by atoms with Crippen LogP contribution in [0.2, 0.25) is 0 Å². The molecule has 0 saturated carbocycles. The van der Waals surface area contributed by atoms with Crippen molar-refractivity contribution in [1.82, 2.24) is 4.98 Å². The zero-order valence-electron chi connectivity index (χ0n) is 5.79. The van der Waals surface area contributed by atoms with Crippen LogP contribution in [0.4, 0.5) is 0 Å². The van der Waals surface area contributed by atoms with Gasteiger partial charge in [-0.05, 0) is 25.0 Å². The first kappa shape index (κ1) is 6.23. The van der Waals surface area contributed by atoms with E-state index in [2.05, 4.69) is 18.0 Å². The van der Waals surface area contributed by atoms with Crippen molar-refractivity contribution >= 4 is 11.8 Å². The number of thioether (sulfide) groups is 1. The van der Waals surface area contributed by atoms with Gasteiger partial charge in [-0.25, -0.2) is 0 Å². The largest absolute Gasteiger partial charge is 0.264 e. The second kappa shape index (κ2) is 2.27. The van der Waals surface area contributed by atoms with Gasteiger partial charge in [0.05, 0.1) is 0 Å². The first-order chi connectivity index (χ1) is 4.86. The summed E-state index contributed by atoms with van der Waals surface area (Å²) >= 11 is 1.87. The van der Waals surface area contributed by atoms with Crippen LogP contribution in [0.5, 0.6) is 0 Å². The van der Waals surface area contributed by atoms with Crippen LogP contribution in [0.1, 0.15) is 12.5 Å². The Bertz CT molecular complexity index is 222. The Labute approximate surface area is 64.9 Å². The summed E-state index contributed by atoms with van der Waals surface area (Å²) in [7, 11) is 0. The number of nitrogens with zero attached hydrogens (tertiary/aromatic N) is 1. The SMILES string of the molecule is C[C]1Cc2cnccc2S1. The Morgan fingerprint density at radius 2 is 2.50 bits per heavy atom. The lowest BCUT2D eigenvalue weighted by Crippen LogP contribution is -1.82. The number of rotatable bonds is 0. The molecular formula is C8H8NS. The van der Waals surface area contributed by atoms with Gasteiger partial charge in [0, 0.05) is 22.5 Å². The number of hydrogen-bond acceptors (Lipinski definition) is 2. The summed E-state index contributed by atoms with van der Waals surface area (Å²) in [5.41, 5.74) is 1.38. The van der Waals surface area contributed by atoms with Crippen molar-refractivity contribution in [2.75, 3.05) is 0 Å². The minimum atomic E-state index is 1.10. The molecule has 0 aromatic carbocycles. The number of pyridine rings is 1. The molecule has 0 atom stereocenters. The van der Waals surface area contributed by atoms with E-state index in [9.17, 15) is 0 Å². The average molecular weight is 150 g/mol. The molecule has 1 nitrogen and oxygen atoms in total. The second-order valence-corrected chi connectivity index (χ2v) is 3.81. The maximum atomic E-state index is 4.06. The third kappa shape index (κ3) is 0.926. The highest BCUT2D eigenvalue weighted by molar-refractivity contribution is 8.02. The standard InChI is InChI=1S/C8H8NS/c1-6-4-7-5-9-3-2-8(7)10-6/h2-3,5H,4H2,1H3. The summed E-state index contributed by atoms with van der Waals surface area (Å²) in [5.74, 6) is 0. The number of aromatic nitrogens is 1. The van der Waals surface area contributed by atoms with Crippen LogP contribution in [0.25, 0.3) is 0 Å². The van der Waals surface area contributed by atoms with E-state index in [0.717, 1.165) is 6.42 Å². The highest BCUT2D eigenvalue weighted by atomic mass is 32.2. The lowest BCUT2D eigenvalue weighted by atomic mass is 10.2. The van der Waals surface area contributed by atoms with Crippen molar-refractivity contribution in [3.8, 4) is 0 Å². The first-order valence-corrected chi connectivity index (χ1v) is 4.11. The predicted octanol–water partition coefficient (Wildman–Crippen LogP) is 2.28. The van der Waals surface area contributed by atoms with E-state index in [0.29, 0.717) is 0 Å². The quantitative estimate of drug-likeness (QED) is 0.562. The van der Waals surface area contributed by atoms with Crippen molar-refractivity contribution in [1.29, 1.82) is 0 Å². The summed E-state index contributed by atoms with van der Waals surface area (Å²) in [6, 6.07) is 2.08. The molecule has 0 spiro atoms. The van der Waals surface area contributed by atoms with Crippen molar-refractivity contribution in [2.45, 2.75) is 18.2 Å². The van der Waals surface area contributed by atoms with Gasteiger partial charge >= 0.3 is 0 Å². The number of fused-ring (bicyclic) bond motifs is 1. The third-order valence-corrected chi connectivity index (χ3v) is 2.69. The van der Waals surface area contributed by atoms with E-state index in [1.54, 1.807) is 0 Å². The lowest BCUT2D eigenvalue weighted by Gasteiger charge is -1.92. The Morgan fingerprint density at radius 1 is 1.60 bits per heavy atom. The van der Waals surface area contributed by atoms with Crippen molar-refractivity contribution in [2.24, 2.45) is 0 Å². The van der Waals surface area contributed by atoms with Crippen molar-refractivity contribution in [3.63, 3.8) is 0 Å². The van der Waals surface area contributed by atoms with Gasteiger partial charge in [-0.1, -0.05) is 0 Å². The van der Waals surface area contributed by atoms with Gasteiger partial charge in [-0.3, -0.25) is 4.98 Å². The van der Waals surface area contributed by atoms with Crippen LogP contribution in [-0.4, -0.2) is 4.98 Å².